The van der Waals surface area contributed by atoms with Crippen LogP contribution in [0.25, 0.3) is 0 Å². The highest BCUT2D eigenvalue weighted by Gasteiger charge is 2.30. The molecule has 0 spiro atoms. The molecule has 0 aromatic heterocycles. The quantitative estimate of drug-likeness (QED) is 0.814. The van der Waals surface area contributed by atoms with E-state index in [1.165, 1.54) is 0 Å². The molecule has 2 nitrogen and oxygen atoms in total. The maximum Gasteiger partial charge on any atom is 0.102 e. The van der Waals surface area contributed by atoms with Gasteiger partial charge in [0.2, 0.25) is 0 Å². The molecule has 0 bridgehead atoms. The summed E-state index contributed by atoms with van der Waals surface area (Å²) in [4.78, 5) is 0. The van der Waals surface area contributed by atoms with Gasteiger partial charge < -0.3 is 5.11 Å². The predicted octanol–water partition coefficient (Wildman–Crippen LogP) is 2.71. The number of aliphatic hydroxyl groups is 1. The van der Waals surface area contributed by atoms with Crippen molar-refractivity contribution in [2.45, 2.75) is 19.4 Å². The average molecular weight is 210 g/mol. The van der Waals surface area contributed by atoms with Gasteiger partial charge in [0.1, 0.15) is 5.60 Å². The largest absolute Gasteiger partial charge is 0.384 e. The summed E-state index contributed by atoms with van der Waals surface area (Å²) in [5.74, 6) is -0.471. The van der Waals surface area contributed by atoms with E-state index in [0.717, 1.165) is 0 Å². The van der Waals surface area contributed by atoms with Crippen molar-refractivity contribution in [2.24, 2.45) is 5.92 Å². The SMILES string of the molecule is CC(C#N)C(C)(O)c1cccc(Cl)c1. The fraction of sp³-hybridized carbons (Fsp3) is 0.364. The molecular weight excluding hydrogens is 198 g/mol. The Balaban J connectivity index is 3.10. The van der Waals surface area contributed by atoms with Gasteiger partial charge in [-0.1, -0.05) is 23.7 Å². The molecule has 74 valence electrons. The monoisotopic (exact) mass is 209 g/mol. The Hall–Kier alpha value is -1.04. The van der Waals surface area contributed by atoms with Gasteiger partial charge in [-0.3, -0.25) is 0 Å². The Kier molecular flexibility index (Phi) is 3.15. The van der Waals surface area contributed by atoms with E-state index in [-0.39, 0.29) is 0 Å². The van der Waals surface area contributed by atoms with E-state index in [0.29, 0.717) is 10.6 Å². The summed E-state index contributed by atoms with van der Waals surface area (Å²) >= 11 is 5.80. The average Bonchev–Trinajstić information content (AvgIpc) is 2.16. The van der Waals surface area contributed by atoms with E-state index in [1.807, 2.05) is 6.07 Å². The summed E-state index contributed by atoms with van der Waals surface area (Å²) in [5, 5.41) is 19.4. The molecule has 0 aliphatic rings. The van der Waals surface area contributed by atoms with Crippen molar-refractivity contribution in [1.82, 2.24) is 0 Å². The first-order valence-corrected chi connectivity index (χ1v) is 4.74. The number of halogens is 1. The third kappa shape index (κ3) is 2.06. The minimum Gasteiger partial charge on any atom is -0.384 e. The lowest BCUT2D eigenvalue weighted by molar-refractivity contribution is 0.0232. The lowest BCUT2D eigenvalue weighted by Crippen LogP contribution is -2.28. The van der Waals surface area contributed by atoms with Crippen molar-refractivity contribution < 1.29 is 5.11 Å². The van der Waals surface area contributed by atoms with Gasteiger partial charge in [0, 0.05) is 5.02 Å². The molecule has 0 fully saturated rings. The van der Waals surface area contributed by atoms with Gasteiger partial charge in [-0.05, 0) is 31.5 Å². The number of nitriles is 1. The minimum atomic E-state index is -1.15. The van der Waals surface area contributed by atoms with E-state index in [1.54, 1.807) is 38.1 Å². The summed E-state index contributed by atoms with van der Waals surface area (Å²) in [6.07, 6.45) is 0. The van der Waals surface area contributed by atoms with Crippen LogP contribution in [-0.2, 0) is 5.60 Å². The zero-order chi connectivity index (χ0) is 10.8. The van der Waals surface area contributed by atoms with Crippen LogP contribution in [0.3, 0.4) is 0 Å². The Morgan fingerprint density at radius 3 is 2.71 bits per heavy atom. The van der Waals surface area contributed by atoms with E-state index in [2.05, 4.69) is 0 Å². The molecule has 0 amide bonds. The molecule has 2 atom stereocenters. The second kappa shape index (κ2) is 4.00. The van der Waals surface area contributed by atoms with E-state index in [4.69, 9.17) is 16.9 Å². The second-order valence-corrected chi connectivity index (χ2v) is 3.95. The first kappa shape index (κ1) is 11.0. The summed E-state index contributed by atoms with van der Waals surface area (Å²) in [6.45, 7) is 3.30. The maximum absolute atomic E-state index is 10.1. The molecule has 0 heterocycles. The highest BCUT2D eigenvalue weighted by molar-refractivity contribution is 6.30. The lowest BCUT2D eigenvalue weighted by Gasteiger charge is -2.26. The topological polar surface area (TPSA) is 44.0 Å². The van der Waals surface area contributed by atoms with Crippen LogP contribution in [0.5, 0.6) is 0 Å². The van der Waals surface area contributed by atoms with Gasteiger partial charge in [-0.2, -0.15) is 5.26 Å². The van der Waals surface area contributed by atoms with Crippen molar-refractivity contribution in [3.05, 3.63) is 34.9 Å². The Morgan fingerprint density at radius 2 is 2.21 bits per heavy atom. The van der Waals surface area contributed by atoms with Crippen molar-refractivity contribution >= 4 is 11.6 Å². The number of hydrogen-bond donors (Lipinski definition) is 1. The number of rotatable bonds is 2. The van der Waals surface area contributed by atoms with Crippen LogP contribution in [0.15, 0.2) is 24.3 Å². The van der Waals surface area contributed by atoms with Gasteiger partial charge in [0.05, 0.1) is 12.0 Å². The normalized spacial score (nSPS) is 16.8. The predicted molar refractivity (Wildman–Crippen MR) is 55.8 cm³/mol. The first-order chi connectivity index (χ1) is 6.48. The summed E-state index contributed by atoms with van der Waals surface area (Å²) in [7, 11) is 0. The van der Waals surface area contributed by atoms with Gasteiger partial charge in [-0.15, -0.1) is 0 Å². The molecule has 0 radical (unpaired) electrons. The number of hydrogen-bond acceptors (Lipinski definition) is 2. The van der Waals surface area contributed by atoms with Crippen molar-refractivity contribution in [2.75, 3.05) is 0 Å². The molecule has 2 unspecified atom stereocenters. The van der Waals surface area contributed by atoms with E-state index in [9.17, 15) is 5.11 Å². The minimum absolute atomic E-state index is 0.471. The number of nitrogens with zero attached hydrogens (tertiary/aromatic N) is 1. The van der Waals surface area contributed by atoms with Crippen LogP contribution >= 0.6 is 11.6 Å². The van der Waals surface area contributed by atoms with Crippen molar-refractivity contribution in [1.29, 1.82) is 5.26 Å². The third-order valence-corrected chi connectivity index (χ3v) is 2.68. The summed E-state index contributed by atoms with van der Waals surface area (Å²) in [6, 6.07) is 8.96. The summed E-state index contributed by atoms with van der Waals surface area (Å²) < 4.78 is 0. The molecule has 1 aromatic rings. The molecular formula is C11H12ClNO. The first-order valence-electron chi connectivity index (χ1n) is 4.36. The van der Waals surface area contributed by atoms with Crippen LogP contribution in [0, 0.1) is 17.2 Å². The Morgan fingerprint density at radius 1 is 1.57 bits per heavy atom. The van der Waals surface area contributed by atoms with E-state index >= 15 is 0 Å². The Bertz CT molecular complexity index is 368. The second-order valence-electron chi connectivity index (χ2n) is 3.51. The smallest absolute Gasteiger partial charge is 0.102 e. The summed E-state index contributed by atoms with van der Waals surface area (Å²) in [5.41, 5.74) is -0.487. The highest BCUT2D eigenvalue weighted by Crippen LogP contribution is 2.30. The lowest BCUT2D eigenvalue weighted by atomic mass is 9.85. The fourth-order valence-electron chi connectivity index (χ4n) is 1.18. The van der Waals surface area contributed by atoms with Gasteiger partial charge in [0.25, 0.3) is 0 Å². The highest BCUT2D eigenvalue weighted by atomic mass is 35.5. The fourth-order valence-corrected chi connectivity index (χ4v) is 1.37. The van der Waals surface area contributed by atoms with Crippen molar-refractivity contribution in [3.8, 4) is 6.07 Å². The standard InChI is InChI=1S/C11H12ClNO/c1-8(7-13)11(2,14)9-4-3-5-10(12)6-9/h3-6,8,14H,1-2H3. The molecule has 1 N–H and O–H groups in total. The zero-order valence-electron chi connectivity index (χ0n) is 8.16. The molecule has 1 rings (SSSR count). The van der Waals surface area contributed by atoms with E-state index < -0.39 is 11.5 Å². The molecule has 3 heteroatoms. The van der Waals surface area contributed by atoms with Gasteiger partial charge >= 0.3 is 0 Å². The number of benzene rings is 1. The zero-order valence-corrected chi connectivity index (χ0v) is 8.92. The van der Waals surface area contributed by atoms with Gasteiger partial charge in [-0.25, -0.2) is 0 Å². The van der Waals surface area contributed by atoms with Crippen LogP contribution in [0.2, 0.25) is 5.02 Å². The van der Waals surface area contributed by atoms with Crippen LogP contribution in [0.4, 0.5) is 0 Å². The van der Waals surface area contributed by atoms with Crippen LogP contribution in [-0.4, -0.2) is 5.11 Å². The third-order valence-electron chi connectivity index (χ3n) is 2.45. The molecule has 0 aliphatic carbocycles. The maximum atomic E-state index is 10.1. The van der Waals surface area contributed by atoms with Crippen molar-refractivity contribution in [3.63, 3.8) is 0 Å². The molecule has 1 aromatic carbocycles. The molecule has 0 saturated heterocycles. The van der Waals surface area contributed by atoms with Crippen LogP contribution in [0.1, 0.15) is 19.4 Å². The van der Waals surface area contributed by atoms with Crippen LogP contribution < -0.4 is 0 Å². The molecule has 14 heavy (non-hydrogen) atoms. The van der Waals surface area contributed by atoms with Gasteiger partial charge in [0.15, 0.2) is 0 Å². The Labute approximate surface area is 88.7 Å². The molecule has 0 aliphatic heterocycles. The molecule has 0 saturated carbocycles.